The third kappa shape index (κ3) is 5.90. The second kappa shape index (κ2) is 10.8. The molecule has 3 aromatic rings. The highest BCUT2D eigenvalue weighted by Crippen LogP contribution is 2.33. The van der Waals surface area contributed by atoms with Crippen LogP contribution < -0.4 is 15.8 Å². The lowest BCUT2D eigenvalue weighted by Gasteiger charge is -2.18. The van der Waals surface area contributed by atoms with Crippen molar-refractivity contribution < 1.29 is 9.53 Å². The van der Waals surface area contributed by atoms with E-state index < -0.39 is 0 Å². The number of nitrogens with one attached hydrogen (secondary N) is 1. The number of aromatic nitrogens is 2. The number of nitrogen functional groups attached to an aromatic ring is 1. The fourth-order valence-corrected chi connectivity index (χ4v) is 3.85. The highest BCUT2D eigenvalue weighted by molar-refractivity contribution is 5.88. The first kappa shape index (κ1) is 23.3. The summed E-state index contributed by atoms with van der Waals surface area (Å²) in [6.07, 6.45) is 5.82. The average molecular weight is 459 g/mol. The van der Waals surface area contributed by atoms with Crippen molar-refractivity contribution in [3.63, 3.8) is 0 Å². The van der Waals surface area contributed by atoms with Crippen molar-refractivity contribution in [3.05, 3.63) is 73.1 Å². The zero-order valence-corrected chi connectivity index (χ0v) is 19.5. The molecule has 1 fully saturated rings. The molecular weight excluding hydrogens is 428 g/mol. The second-order valence-corrected chi connectivity index (χ2v) is 8.50. The SMILES string of the molecule is CN(C)C/C=C/C(=O)N1CC[C@@H](Nc2ncnc(N)c2-c2ccc(Oc3ccccc3)cc2)C1. The van der Waals surface area contributed by atoms with E-state index in [1.54, 1.807) is 6.08 Å². The monoisotopic (exact) mass is 458 g/mol. The lowest BCUT2D eigenvalue weighted by molar-refractivity contribution is -0.125. The molecule has 0 unspecified atom stereocenters. The maximum atomic E-state index is 12.5. The molecule has 176 valence electrons. The maximum Gasteiger partial charge on any atom is 0.246 e. The van der Waals surface area contributed by atoms with Crippen molar-refractivity contribution in [1.82, 2.24) is 19.8 Å². The van der Waals surface area contributed by atoms with E-state index in [2.05, 4.69) is 15.3 Å². The van der Waals surface area contributed by atoms with Gasteiger partial charge in [0.15, 0.2) is 0 Å². The van der Waals surface area contributed by atoms with Crippen molar-refractivity contribution in [3.8, 4) is 22.6 Å². The van der Waals surface area contributed by atoms with Crippen LogP contribution in [-0.2, 0) is 4.79 Å². The molecule has 1 aromatic heterocycles. The number of likely N-dealkylation sites (N-methyl/N-ethyl adjacent to an activating group) is 1. The standard InChI is InChI=1S/C26H30N6O2/c1-31(2)15-6-9-23(33)32-16-14-20(17-32)30-26-24(25(27)28-18-29-26)19-10-12-22(13-11-19)34-21-7-4-3-5-8-21/h3-13,18,20H,14-17H2,1-2H3,(H3,27,28,29,30)/b9-6+/t20-/m1/s1. The molecule has 3 N–H and O–H groups in total. The molecular formula is C26H30N6O2. The highest BCUT2D eigenvalue weighted by atomic mass is 16.5. The molecule has 34 heavy (non-hydrogen) atoms. The summed E-state index contributed by atoms with van der Waals surface area (Å²) in [5.41, 5.74) is 7.87. The molecule has 1 atom stereocenters. The highest BCUT2D eigenvalue weighted by Gasteiger charge is 2.26. The Morgan fingerprint density at radius 3 is 2.62 bits per heavy atom. The maximum absolute atomic E-state index is 12.5. The number of amides is 1. The fraction of sp³-hybridized carbons (Fsp3) is 0.269. The third-order valence-electron chi connectivity index (χ3n) is 5.57. The summed E-state index contributed by atoms with van der Waals surface area (Å²) in [4.78, 5) is 25.0. The number of carbonyl (C=O) groups is 1. The molecule has 8 heteroatoms. The van der Waals surface area contributed by atoms with Gasteiger partial charge in [0, 0.05) is 31.8 Å². The van der Waals surface area contributed by atoms with Crippen molar-refractivity contribution in [2.24, 2.45) is 0 Å². The van der Waals surface area contributed by atoms with Gasteiger partial charge < -0.3 is 25.6 Å². The predicted octanol–water partition coefficient (Wildman–Crippen LogP) is 3.65. The molecule has 1 aliphatic rings. The molecule has 1 aliphatic heterocycles. The minimum Gasteiger partial charge on any atom is -0.457 e. The predicted molar refractivity (Wildman–Crippen MR) is 135 cm³/mol. The van der Waals surface area contributed by atoms with E-state index in [9.17, 15) is 4.79 Å². The number of likely N-dealkylation sites (tertiary alicyclic amines) is 1. The van der Waals surface area contributed by atoms with E-state index in [-0.39, 0.29) is 11.9 Å². The van der Waals surface area contributed by atoms with Gasteiger partial charge in [0.1, 0.15) is 29.5 Å². The van der Waals surface area contributed by atoms with Crippen LogP contribution in [0.15, 0.2) is 73.1 Å². The van der Waals surface area contributed by atoms with Crippen LogP contribution in [0.1, 0.15) is 6.42 Å². The molecule has 4 rings (SSSR count). The minimum atomic E-state index is 0.0302. The largest absolute Gasteiger partial charge is 0.457 e. The number of hydrogen-bond acceptors (Lipinski definition) is 7. The van der Waals surface area contributed by atoms with Crippen molar-refractivity contribution >= 4 is 17.5 Å². The number of benzene rings is 2. The fourth-order valence-electron chi connectivity index (χ4n) is 3.85. The van der Waals surface area contributed by atoms with E-state index in [0.717, 1.165) is 35.6 Å². The van der Waals surface area contributed by atoms with Gasteiger partial charge in [0.2, 0.25) is 5.91 Å². The van der Waals surface area contributed by atoms with Crippen molar-refractivity contribution in [2.45, 2.75) is 12.5 Å². The summed E-state index contributed by atoms with van der Waals surface area (Å²) in [5.74, 6) is 2.59. The van der Waals surface area contributed by atoms with Gasteiger partial charge in [-0.05, 0) is 50.3 Å². The van der Waals surface area contributed by atoms with Gasteiger partial charge in [-0.25, -0.2) is 9.97 Å². The van der Waals surface area contributed by atoms with Gasteiger partial charge in [-0.15, -0.1) is 0 Å². The number of para-hydroxylation sites is 1. The van der Waals surface area contributed by atoms with Gasteiger partial charge in [0.05, 0.1) is 5.56 Å². The Kier molecular flexibility index (Phi) is 7.39. The van der Waals surface area contributed by atoms with Gasteiger partial charge >= 0.3 is 0 Å². The summed E-state index contributed by atoms with van der Waals surface area (Å²) in [6.45, 7) is 2.04. The molecule has 0 saturated carbocycles. The third-order valence-corrected chi connectivity index (χ3v) is 5.57. The summed E-state index contributed by atoms with van der Waals surface area (Å²) < 4.78 is 5.89. The van der Waals surface area contributed by atoms with Crippen LogP contribution in [0.4, 0.5) is 11.6 Å². The van der Waals surface area contributed by atoms with Crippen LogP contribution in [0.3, 0.4) is 0 Å². The lowest BCUT2D eigenvalue weighted by atomic mass is 10.1. The van der Waals surface area contributed by atoms with Gasteiger partial charge in [-0.1, -0.05) is 36.4 Å². The zero-order valence-electron chi connectivity index (χ0n) is 19.5. The van der Waals surface area contributed by atoms with E-state index in [0.29, 0.717) is 24.7 Å². The Morgan fingerprint density at radius 1 is 1.15 bits per heavy atom. The minimum absolute atomic E-state index is 0.0302. The van der Waals surface area contributed by atoms with Gasteiger partial charge in [-0.2, -0.15) is 0 Å². The molecule has 0 radical (unpaired) electrons. The molecule has 8 nitrogen and oxygen atoms in total. The number of carbonyl (C=O) groups excluding carboxylic acids is 1. The van der Waals surface area contributed by atoms with E-state index in [1.165, 1.54) is 6.33 Å². The van der Waals surface area contributed by atoms with Crippen LogP contribution in [0.2, 0.25) is 0 Å². The van der Waals surface area contributed by atoms with Crippen molar-refractivity contribution in [2.75, 3.05) is 44.8 Å². The van der Waals surface area contributed by atoms with Gasteiger partial charge in [-0.3, -0.25) is 4.79 Å². The molecule has 1 saturated heterocycles. The topological polar surface area (TPSA) is 96.6 Å². The normalized spacial score (nSPS) is 15.7. The zero-order chi connectivity index (χ0) is 23.9. The van der Waals surface area contributed by atoms with Crippen LogP contribution >= 0.6 is 0 Å². The van der Waals surface area contributed by atoms with Crippen LogP contribution in [0.25, 0.3) is 11.1 Å². The Balaban J connectivity index is 1.44. The number of ether oxygens (including phenoxy) is 1. The summed E-state index contributed by atoms with van der Waals surface area (Å²) >= 11 is 0. The second-order valence-electron chi connectivity index (χ2n) is 8.50. The Labute approximate surface area is 200 Å². The van der Waals surface area contributed by atoms with Gasteiger partial charge in [0.25, 0.3) is 0 Å². The van der Waals surface area contributed by atoms with Crippen LogP contribution in [0, 0.1) is 0 Å². The summed E-state index contributed by atoms with van der Waals surface area (Å²) in [5, 5.41) is 3.47. The van der Waals surface area contributed by atoms with Crippen LogP contribution in [-0.4, -0.2) is 65.4 Å². The number of hydrogen-bond donors (Lipinski definition) is 2. The van der Waals surface area contributed by atoms with Crippen molar-refractivity contribution in [1.29, 1.82) is 0 Å². The lowest BCUT2D eigenvalue weighted by Crippen LogP contribution is -2.30. The number of nitrogens with zero attached hydrogens (tertiary/aromatic N) is 4. The average Bonchev–Trinajstić information content (AvgIpc) is 3.29. The Hall–Kier alpha value is -3.91. The van der Waals surface area contributed by atoms with E-state index in [4.69, 9.17) is 10.5 Å². The Morgan fingerprint density at radius 2 is 1.88 bits per heavy atom. The quantitative estimate of drug-likeness (QED) is 0.498. The molecule has 0 aliphatic carbocycles. The first-order valence-electron chi connectivity index (χ1n) is 11.3. The summed E-state index contributed by atoms with van der Waals surface area (Å²) in [6, 6.07) is 17.4. The summed E-state index contributed by atoms with van der Waals surface area (Å²) in [7, 11) is 3.94. The first-order chi connectivity index (χ1) is 16.5. The van der Waals surface area contributed by atoms with E-state index in [1.807, 2.05) is 84.6 Å². The van der Waals surface area contributed by atoms with Crippen LogP contribution in [0.5, 0.6) is 11.5 Å². The van der Waals surface area contributed by atoms with E-state index >= 15 is 0 Å². The number of rotatable bonds is 8. The number of nitrogens with two attached hydrogens (primary N) is 1. The molecule has 2 aromatic carbocycles. The first-order valence-corrected chi connectivity index (χ1v) is 11.3. The molecule has 1 amide bonds. The molecule has 2 heterocycles. The number of anilines is 2. The molecule has 0 spiro atoms. The smallest absolute Gasteiger partial charge is 0.246 e. The Bertz CT molecular complexity index is 1130. The molecule has 0 bridgehead atoms.